The third kappa shape index (κ3) is 2.06. The van der Waals surface area contributed by atoms with E-state index >= 15 is 0 Å². The highest BCUT2D eigenvalue weighted by Crippen LogP contribution is 2.23. The number of nitrogens with zero attached hydrogens (tertiary/aromatic N) is 5. The number of benzene rings is 2. The van der Waals surface area contributed by atoms with Crippen LogP contribution in [0.15, 0.2) is 54.6 Å². The summed E-state index contributed by atoms with van der Waals surface area (Å²) in [5.74, 6) is 1.22. The molecule has 6 heteroatoms. The van der Waals surface area contributed by atoms with Crippen LogP contribution in [0.3, 0.4) is 0 Å². The Morgan fingerprint density at radius 3 is 2.57 bits per heavy atom. The number of hydrogen-bond acceptors (Lipinski definition) is 4. The van der Waals surface area contributed by atoms with E-state index in [1.54, 1.807) is 0 Å². The zero-order chi connectivity index (χ0) is 14.1. The number of aromatic amines is 1. The Morgan fingerprint density at radius 1 is 0.952 bits per heavy atom. The molecule has 0 atom stereocenters. The third-order valence-corrected chi connectivity index (χ3v) is 3.38. The van der Waals surface area contributed by atoms with Gasteiger partial charge in [-0.1, -0.05) is 42.5 Å². The molecule has 0 fully saturated rings. The molecule has 2 aromatic carbocycles. The van der Waals surface area contributed by atoms with Crippen LogP contribution < -0.4 is 0 Å². The first-order valence-corrected chi connectivity index (χ1v) is 6.65. The van der Waals surface area contributed by atoms with E-state index in [1.807, 2.05) is 36.4 Å². The van der Waals surface area contributed by atoms with Gasteiger partial charge in [0.25, 0.3) is 0 Å². The van der Waals surface area contributed by atoms with Crippen LogP contribution in [-0.2, 0) is 6.54 Å². The zero-order valence-corrected chi connectivity index (χ0v) is 11.1. The van der Waals surface area contributed by atoms with Crippen LogP contribution in [0.4, 0.5) is 0 Å². The molecule has 21 heavy (non-hydrogen) atoms. The van der Waals surface area contributed by atoms with Crippen LogP contribution in [0.5, 0.6) is 0 Å². The molecule has 0 saturated heterocycles. The average molecular weight is 276 g/mol. The Bertz CT molecular complexity index is 864. The minimum absolute atomic E-state index is 0.502. The Kier molecular flexibility index (Phi) is 2.71. The van der Waals surface area contributed by atoms with Gasteiger partial charge in [-0.15, -0.1) is 10.2 Å². The number of fused-ring (bicyclic) bond motifs is 1. The fraction of sp³-hybridized carbons (Fsp3) is 0.0667. The van der Waals surface area contributed by atoms with Crippen LogP contribution in [-0.4, -0.2) is 30.2 Å². The summed E-state index contributed by atoms with van der Waals surface area (Å²) < 4.78 is 2.11. The van der Waals surface area contributed by atoms with E-state index in [2.05, 4.69) is 48.4 Å². The van der Waals surface area contributed by atoms with Crippen LogP contribution in [0.25, 0.3) is 22.7 Å². The van der Waals surface area contributed by atoms with E-state index in [-0.39, 0.29) is 0 Å². The second-order valence-electron chi connectivity index (χ2n) is 4.73. The molecule has 4 rings (SSSR count). The monoisotopic (exact) mass is 276 g/mol. The largest absolute Gasteiger partial charge is 0.317 e. The van der Waals surface area contributed by atoms with Crippen molar-refractivity contribution in [1.82, 2.24) is 30.2 Å². The Balaban J connectivity index is 1.91. The fourth-order valence-electron chi connectivity index (χ4n) is 2.43. The van der Waals surface area contributed by atoms with Crippen molar-refractivity contribution in [3.8, 4) is 11.6 Å². The lowest BCUT2D eigenvalue weighted by atomic mass is 10.2. The summed E-state index contributed by atoms with van der Waals surface area (Å²) in [5, 5.41) is 14.2. The van der Waals surface area contributed by atoms with Gasteiger partial charge in [0.2, 0.25) is 5.82 Å². The van der Waals surface area contributed by atoms with Gasteiger partial charge >= 0.3 is 0 Å². The Hall–Kier alpha value is -3.02. The van der Waals surface area contributed by atoms with Crippen LogP contribution in [0, 0.1) is 0 Å². The van der Waals surface area contributed by atoms with Gasteiger partial charge in [0, 0.05) is 6.54 Å². The molecule has 0 aliphatic heterocycles. The molecule has 0 unspecified atom stereocenters. The summed E-state index contributed by atoms with van der Waals surface area (Å²) in [6.07, 6.45) is 0. The van der Waals surface area contributed by atoms with E-state index < -0.39 is 0 Å². The third-order valence-electron chi connectivity index (χ3n) is 3.38. The van der Waals surface area contributed by atoms with E-state index in [4.69, 9.17) is 0 Å². The summed E-state index contributed by atoms with van der Waals surface area (Å²) in [6.45, 7) is 0.714. The molecule has 0 amide bonds. The molecule has 6 nitrogen and oxygen atoms in total. The average Bonchev–Trinajstić information content (AvgIpc) is 3.16. The van der Waals surface area contributed by atoms with Crippen molar-refractivity contribution in [1.29, 1.82) is 0 Å². The molecule has 0 aliphatic carbocycles. The minimum Gasteiger partial charge on any atom is -0.317 e. The first kappa shape index (κ1) is 11.8. The molecule has 0 saturated carbocycles. The molecule has 0 aliphatic rings. The lowest BCUT2D eigenvalue weighted by Crippen LogP contribution is -2.03. The molecule has 1 N–H and O–H groups in total. The van der Waals surface area contributed by atoms with Gasteiger partial charge in [0.1, 0.15) is 0 Å². The van der Waals surface area contributed by atoms with Gasteiger partial charge < -0.3 is 4.57 Å². The maximum absolute atomic E-state index is 4.63. The number of nitrogens with one attached hydrogen (secondary N) is 1. The van der Waals surface area contributed by atoms with Gasteiger partial charge in [0.05, 0.1) is 11.0 Å². The second-order valence-corrected chi connectivity index (χ2v) is 4.73. The Morgan fingerprint density at radius 2 is 1.76 bits per heavy atom. The van der Waals surface area contributed by atoms with Crippen molar-refractivity contribution in [2.45, 2.75) is 6.54 Å². The highest BCUT2D eigenvalue weighted by Gasteiger charge is 2.15. The minimum atomic E-state index is 0.502. The molecule has 0 spiro atoms. The maximum atomic E-state index is 4.63. The first-order valence-electron chi connectivity index (χ1n) is 6.65. The SMILES string of the molecule is c1ccc(Cn2c(-c3nn[nH]n3)nc3ccccc32)cc1. The molecular formula is C15H12N6. The van der Waals surface area contributed by atoms with E-state index in [9.17, 15) is 0 Å². The lowest BCUT2D eigenvalue weighted by Gasteiger charge is -2.07. The number of hydrogen-bond donors (Lipinski definition) is 1. The highest BCUT2D eigenvalue weighted by atomic mass is 15.5. The smallest absolute Gasteiger partial charge is 0.240 e. The van der Waals surface area contributed by atoms with Gasteiger partial charge in [0.15, 0.2) is 5.82 Å². The predicted molar refractivity (Wildman–Crippen MR) is 78.4 cm³/mol. The van der Waals surface area contributed by atoms with Gasteiger partial charge in [-0.3, -0.25) is 0 Å². The highest BCUT2D eigenvalue weighted by molar-refractivity contribution is 5.79. The number of tetrazole rings is 1. The molecule has 102 valence electrons. The van der Waals surface area contributed by atoms with Gasteiger partial charge in [-0.25, -0.2) is 4.98 Å². The number of rotatable bonds is 3. The summed E-state index contributed by atoms with van der Waals surface area (Å²) in [5.41, 5.74) is 3.18. The quantitative estimate of drug-likeness (QED) is 0.623. The number of para-hydroxylation sites is 2. The summed E-state index contributed by atoms with van der Waals surface area (Å²) >= 11 is 0. The molecule has 2 aromatic heterocycles. The summed E-state index contributed by atoms with van der Waals surface area (Å²) in [7, 11) is 0. The molecule has 2 heterocycles. The van der Waals surface area contributed by atoms with Crippen LogP contribution in [0.1, 0.15) is 5.56 Å². The second kappa shape index (κ2) is 4.82. The lowest BCUT2D eigenvalue weighted by molar-refractivity contribution is 0.825. The first-order chi connectivity index (χ1) is 10.4. The molecule has 4 aromatic rings. The predicted octanol–water partition coefficient (Wildman–Crippen LogP) is 2.26. The van der Waals surface area contributed by atoms with Gasteiger partial charge in [-0.05, 0) is 22.9 Å². The maximum Gasteiger partial charge on any atom is 0.240 e. The van der Waals surface area contributed by atoms with Crippen molar-refractivity contribution in [2.75, 3.05) is 0 Å². The summed E-state index contributed by atoms with van der Waals surface area (Å²) in [6, 6.07) is 18.3. The van der Waals surface area contributed by atoms with Crippen molar-refractivity contribution in [3.05, 3.63) is 60.2 Å². The zero-order valence-electron chi connectivity index (χ0n) is 11.1. The van der Waals surface area contributed by atoms with E-state index in [1.165, 1.54) is 5.56 Å². The summed E-state index contributed by atoms with van der Waals surface area (Å²) in [4.78, 5) is 4.63. The molecular weight excluding hydrogens is 264 g/mol. The number of imidazole rings is 1. The van der Waals surface area contributed by atoms with Crippen molar-refractivity contribution >= 4 is 11.0 Å². The molecule has 0 radical (unpaired) electrons. The van der Waals surface area contributed by atoms with E-state index in [0.717, 1.165) is 11.0 Å². The van der Waals surface area contributed by atoms with Crippen molar-refractivity contribution in [2.24, 2.45) is 0 Å². The normalized spacial score (nSPS) is 11.0. The van der Waals surface area contributed by atoms with Crippen LogP contribution in [0.2, 0.25) is 0 Å². The number of H-pyrrole nitrogens is 1. The standard InChI is InChI=1S/C15H12N6/c1-2-6-11(7-3-1)10-21-13-9-5-4-8-12(13)16-15(21)14-17-19-20-18-14/h1-9H,10H2,(H,17,18,19,20). The molecule has 0 bridgehead atoms. The van der Waals surface area contributed by atoms with E-state index in [0.29, 0.717) is 18.2 Å². The fourth-order valence-corrected chi connectivity index (χ4v) is 2.43. The van der Waals surface area contributed by atoms with Crippen LogP contribution >= 0.6 is 0 Å². The van der Waals surface area contributed by atoms with Crippen molar-refractivity contribution in [3.63, 3.8) is 0 Å². The van der Waals surface area contributed by atoms with Crippen molar-refractivity contribution < 1.29 is 0 Å². The topological polar surface area (TPSA) is 72.3 Å². The Labute approximate surface area is 120 Å². The number of aromatic nitrogens is 6. The van der Waals surface area contributed by atoms with Gasteiger partial charge in [-0.2, -0.15) is 5.21 Å².